The predicted octanol–water partition coefficient (Wildman–Crippen LogP) is 2.50. The van der Waals surface area contributed by atoms with Crippen LogP contribution in [0.5, 0.6) is 0 Å². The van der Waals surface area contributed by atoms with E-state index in [4.69, 9.17) is 4.84 Å². The molecule has 4 rings (SSSR count). The number of hydrogen-bond acceptors (Lipinski definition) is 6. The van der Waals surface area contributed by atoms with E-state index in [1.807, 2.05) is 43.3 Å². The average Bonchev–Trinajstić information content (AvgIpc) is 3.20. The average molecular weight is 361 g/mol. The van der Waals surface area contributed by atoms with Crippen molar-refractivity contribution in [1.82, 2.24) is 14.7 Å². The number of nitrogens with one attached hydrogen (secondary N) is 1. The van der Waals surface area contributed by atoms with Crippen LogP contribution in [0.3, 0.4) is 0 Å². The predicted molar refractivity (Wildman–Crippen MR) is 105 cm³/mol. The summed E-state index contributed by atoms with van der Waals surface area (Å²) in [5, 5.41) is 4.05. The molecule has 2 aromatic heterocycles. The van der Waals surface area contributed by atoms with E-state index >= 15 is 0 Å². The van der Waals surface area contributed by atoms with Crippen LogP contribution in [-0.2, 0) is 6.61 Å². The van der Waals surface area contributed by atoms with Crippen molar-refractivity contribution in [3.63, 3.8) is 0 Å². The highest BCUT2D eigenvalue weighted by Crippen LogP contribution is 2.22. The topological polar surface area (TPSA) is 81.4 Å². The molecule has 7 heteroatoms. The van der Waals surface area contributed by atoms with Crippen LogP contribution in [0, 0.1) is 6.92 Å². The van der Waals surface area contributed by atoms with E-state index in [2.05, 4.69) is 20.3 Å². The summed E-state index contributed by atoms with van der Waals surface area (Å²) >= 11 is 0. The molecule has 3 aromatic rings. The van der Waals surface area contributed by atoms with Crippen molar-refractivity contribution in [2.24, 2.45) is 4.99 Å². The van der Waals surface area contributed by atoms with Gasteiger partial charge in [-0.15, -0.1) is 4.73 Å². The van der Waals surface area contributed by atoms with Crippen LogP contribution in [-0.4, -0.2) is 27.0 Å². The first-order valence-corrected chi connectivity index (χ1v) is 8.71. The largest absolute Gasteiger partial charge is 0.404 e. The van der Waals surface area contributed by atoms with Crippen molar-refractivity contribution < 1.29 is 4.84 Å². The molecule has 27 heavy (non-hydrogen) atoms. The molecule has 0 radical (unpaired) electrons. The number of aryl methyl sites for hydroxylation is 1. The fourth-order valence-electron chi connectivity index (χ4n) is 2.98. The van der Waals surface area contributed by atoms with Gasteiger partial charge in [-0.1, -0.05) is 36.4 Å². The third-order valence-electron chi connectivity index (χ3n) is 4.35. The van der Waals surface area contributed by atoms with Crippen LogP contribution < -0.4 is 15.7 Å². The molecule has 3 heterocycles. The standard InChI is InChI=1S/C20H19N5O2/c1-14-19-17(22-11-16-8-5-9-21-16)10-18(26)25(20(19)24-13-23-14)27-12-15-6-3-2-4-7-15/h2-7,9-10,13,22H,8,11-12H2,1H3. The van der Waals surface area contributed by atoms with Gasteiger partial charge in [0.1, 0.15) is 12.9 Å². The van der Waals surface area contributed by atoms with Crippen molar-refractivity contribution in [1.29, 1.82) is 0 Å². The molecule has 0 fully saturated rings. The first-order chi connectivity index (χ1) is 13.2. The Labute approximate surface area is 156 Å². The number of rotatable bonds is 6. The van der Waals surface area contributed by atoms with Crippen LogP contribution in [0.25, 0.3) is 11.0 Å². The van der Waals surface area contributed by atoms with Gasteiger partial charge < -0.3 is 10.2 Å². The third kappa shape index (κ3) is 3.57. The zero-order chi connectivity index (χ0) is 18.6. The van der Waals surface area contributed by atoms with E-state index in [1.54, 1.807) is 6.20 Å². The van der Waals surface area contributed by atoms with E-state index in [-0.39, 0.29) is 12.2 Å². The summed E-state index contributed by atoms with van der Waals surface area (Å²) in [7, 11) is 0. The zero-order valence-corrected chi connectivity index (χ0v) is 14.9. The Morgan fingerprint density at radius 2 is 2.07 bits per heavy atom. The highest BCUT2D eigenvalue weighted by Gasteiger charge is 2.14. The Morgan fingerprint density at radius 1 is 1.22 bits per heavy atom. The number of aliphatic imine (C=N–C) groups is 1. The number of fused-ring (bicyclic) bond motifs is 1. The fourth-order valence-corrected chi connectivity index (χ4v) is 2.98. The fraction of sp³-hybridized carbons (Fsp3) is 0.200. The highest BCUT2D eigenvalue weighted by atomic mass is 16.7. The molecule has 0 bridgehead atoms. The van der Waals surface area contributed by atoms with Gasteiger partial charge in [0.25, 0.3) is 5.56 Å². The summed E-state index contributed by atoms with van der Waals surface area (Å²) < 4.78 is 1.23. The van der Waals surface area contributed by atoms with Crippen LogP contribution >= 0.6 is 0 Å². The van der Waals surface area contributed by atoms with E-state index in [9.17, 15) is 4.79 Å². The molecule has 0 unspecified atom stereocenters. The van der Waals surface area contributed by atoms with Gasteiger partial charge in [-0.3, -0.25) is 9.79 Å². The van der Waals surface area contributed by atoms with Gasteiger partial charge in [-0.2, -0.15) is 0 Å². The molecule has 136 valence electrons. The Kier molecular flexibility index (Phi) is 4.65. The second-order valence-corrected chi connectivity index (χ2v) is 6.25. The maximum atomic E-state index is 12.7. The Bertz CT molecular complexity index is 1090. The zero-order valence-electron chi connectivity index (χ0n) is 14.9. The normalized spacial score (nSPS) is 13.0. The van der Waals surface area contributed by atoms with Gasteiger partial charge in [0.05, 0.1) is 23.3 Å². The minimum Gasteiger partial charge on any atom is -0.404 e. The number of hydrogen-bond donors (Lipinski definition) is 1. The SMILES string of the molecule is Cc1ncnc2c1c(NCC1=NC=CC1)cc(=O)n2OCc1ccccc1. The Morgan fingerprint density at radius 3 is 2.85 bits per heavy atom. The van der Waals surface area contributed by atoms with Crippen molar-refractivity contribution in [2.75, 3.05) is 11.9 Å². The molecule has 0 aliphatic carbocycles. The molecule has 0 atom stereocenters. The first kappa shape index (κ1) is 17.0. The maximum Gasteiger partial charge on any atom is 0.287 e. The number of benzene rings is 1. The van der Waals surface area contributed by atoms with Crippen molar-refractivity contribution in [3.8, 4) is 0 Å². The van der Waals surface area contributed by atoms with Crippen molar-refractivity contribution in [2.45, 2.75) is 20.0 Å². The number of aromatic nitrogens is 3. The molecule has 1 N–H and O–H groups in total. The molecule has 1 aliphatic heterocycles. The van der Waals surface area contributed by atoms with Crippen molar-refractivity contribution in [3.05, 3.63) is 76.6 Å². The number of anilines is 1. The van der Waals surface area contributed by atoms with Gasteiger partial charge in [-0.05, 0) is 12.5 Å². The minimum atomic E-state index is -0.287. The molecule has 0 saturated carbocycles. The van der Waals surface area contributed by atoms with E-state index in [0.717, 1.165) is 28.8 Å². The summed E-state index contributed by atoms with van der Waals surface area (Å²) in [6.45, 7) is 2.72. The summed E-state index contributed by atoms with van der Waals surface area (Å²) in [6.07, 6.45) is 6.05. The second-order valence-electron chi connectivity index (χ2n) is 6.25. The molecule has 1 aromatic carbocycles. The summed E-state index contributed by atoms with van der Waals surface area (Å²) in [5.74, 6) is 0. The molecule has 0 spiro atoms. The minimum absolute atomic E-state index is 0.272. The van der Waals surface area contributed by atoms with E-state index in [0.29, 0.717) is 17.9 Å². The van der Waals surface area contributed by atoms with Crippen LogP contribution in [0.15, 0.2) is 64.8 Å². The molecular weight excluding hydrogens is 342 g/mol. The lowest BCUT2D eigenvalue weighted by atomic mass is 10.2. The lowest BCUT2D eigenvalue weighted by Crippen LogP contribution is -2.28. The number of nitrogens with zero attached hydrogens (tertiary/aromatic N) is 4. The molecular formula is C20H19N5O2. The lowest BCUT2D eigenvalue weighted by Gasteiger charge is -2.15. The molecule has 0 saturated heterocycles. The van der Waals surface area contributed by atoms with Crippen molar-refractivity contribution >= 4 is 22.4 Å². The molecule has 1 aliphatic rings. The van der Waals surface area contributed by atoms with Gasteiger partial charge in [0, 0.05) is 24.4 Å². The Hall–Kier alpha value is -3.48. The van der Waals surface area contributed by atoms with E-state index in [1.165, 1.54) is 17.1 Å². The molecule has 7 nitrogen and oxygen atoms in total. The molecule has 0 amide bonds. The van der Waals surface area contributed by atoms with Crippen LogP contribution in [0.2, 0.25) is 0 Å². The van der Waals surface area contributed by atoms with Gasteiger partial charge in [-0.25, -0.2) is 9.97 Å². The number of pyridine rings is 1. The highest BCUT2D eigenvalue weighted by molar-refractivity contribution is 5.95. The quantitative estimate of drug-likeness (QED) is 0.729. The number of allylic oxidation sites excluding steroid dienone is 1. The summed E-state index contributed by atoms with van der Waals surface area (Å²) in [6, 6.07) is 11.2. The van der Waals surface area contributed by atoms with Crippen LogP contribution in [0.1, 0.15) is 17.7 Å². The Balaban J connectivity index is 1.68. The smallest absolute Gasteiger partial charge is 0.287 e. The second kappa shape index (κ2) is 7.41. The lowest BCUT2D eigenvalue weighted by molar-refractivity contribution is 0.0980. The third-order valence-corrected chi connectivity index (χ3v) is 4.35. The monoisotopic (exact) mass is 361 g/mol. The summed E-state index contributed by atoms with van der Waals surface area (Å²) in [4.78, 5) is 31.3. The van der Waals surface area contributed by atoms with Gasteiger partial charge >= 0.3 is 0 Å². The van der Waals surface area contributed by atoms with Gasteiger partial charge in [0.2, 0.25) is 0 Å². The maximum absolute atomic E-state index is 12.7. The van der Waals surface area contributed by atoms with E-state index < -0.39 is 0 Å². The first-order valence-electron chi connectivity index (χ1n) is 8.71. The van der Waals surface area contributed by atoms with Crippen LogP contribution in [0.4, 0.5) is 5.69 Å². The summed E-state index contributed by atoms with van der Waals surface area (Å²) in [5.41, 5.74) is 3.60. The van der Waals surface area contributed by atoms with Gasteiger partial charge in [0.15, 0.2) is 5.65 Å².